The molecular weight excluding hydrogens is 298 g/mol. The molecule has 0 aliphatic rings. The third-order valence-corrected chi connectivity index (χ3v) is 5.17. The normalized spacial score (nSPS) is 14.5. The molecule has 0 amide bonds. The van der Waals surface area contributed by atoms with E-state index in [1.807, 2.05) is 30.0 Å². The van der Waals surface area contributed by atoms with E-state index in [2.05, 4.69) is 25.2 Å². The summed E-state index contributed by atoms with van der Waals surface area (Å²) in [5, 5.41) is 3.62. The Kier molecular flexibility index (Phi) is 5.82. The van der Waals surface area contributed by atoms with Gasteiger partial charge in [0.05, 0.1) is 10.6 Å². The molecule has 0 fully saturated rings. The van der Waals surface area contributed by atoms with Gasteiger partial charge in [0.25, 0.3) is 0 Å². The van der Waals surface area contributed by atoms with Gasteiger partial charge in [0.2, 0.25) is 0 Å². The Labute approximate surface area is 127 Å². The van der Waals surface area contributed by atoms with Gasteiger partial charge in [-0.25, -0.2) is 0 Å². The molecule has 0 aliphatic heterocycles. The van der Waals surface area contributed by atoms with E-state index >= 15 is 0 Å². The molecule has 0 aliphatic carbocycles. The zero-order valence-corrected chi connectivity index (χ0v) is 13.4. The lowest BCUT2D eigenvalue weighted by molar-refractivity contribution is 0.430. The second kappa shape index (κ2) is 7.39. The van der Waals surface area contributed by atoms with Crippen LogP contribution in [0.15, 0.2) is 34.9 Å². The van der Waals surface area contributed by atoms with E-state index in [0.29, 0.717) is 6.04 Å². The lowest BCUT2D eigenvalue weighted by Gasteiger charge is -2.20. The monoisotopic (exact) mass is 315 g/mol. The van der Waals surface area contributed by atoms with E-state index in [0.717, 1.165) is 21.6 Å². The maximum atomic E-state index is 6.04. The first kappa shape index (κ1) is 15.0. The summed E-state index contributed by atoms with van der Waals surface area (Å²) in [5.41, 5.74) is 0. The molecule has 1 N–H and O–H groups in total. The molecule has 2 atom stereocenters. The zero-order chi connectivity index (χ0) is 13.7. The number of thioether (sulfide) groups is 1. The molecule has 2 heterocycles. The summed E-state index contributed by atoms with van der Waals surface area (Å²) in [6, 6.07) is 8.42. The summed E-state index contributed by atoms with van der Waals surface area (Å²) in [6.07, 6.45) is 1.71. The summed E-state index contributed by atoms with van der Waals surface area (Å²) in [5.74, 6) is 3.17. The smallest absolute Gasteiger partial charge is 0.126 e. The Morgan fingerprint density at radius 2 is 2.26 bits per heavy atom. The van der Waals surface area contributed by atoms with E-state index in [1.165, 1.54) is 4.88 Å². The van der Waals surface area contributed by atoms with Crippen molar-refractivity contribution in [3.8, 4) is 0 Å². The van der Waals surface area contributed by atoms with Crippen molar-refractivity contribution < 1.29 is 4.42 Å². The van der Waals surface area contributed by atoms with Crippen molar-refractivity contribution in [3.63, 3.8) is 0 Å². The third-order valence-electron chi connectivity index (χ3n) is 2.73. The Morgan fingerprint density at radius 3 is 2.84 bits per heavy atom. The van der Waals surface area contributed by atoms with Crippen molar-refractivity contribution in [1.29, 1.82) is 0 Å². The van der Waals surface area contributed by atoms with Gasteiger partial charge in [-0.05, 0) is 36.9 Å². The van der Waals surface area contributed by atoms with Crippen LogP contribution in [0.25, 0.3) is 0 Å². The fraction of sp³-hybridized carbons (Fsp3) is 0.429. The highest BCUT2D eigenvalue weighted by molar-refractivity contribution is 7.99. The van der Waals surface area contributed by atoms with Crippen LogP contribution in [-0.2, 0) is 0 Å². The van der Waals surface area contributed by atoms with E-state index in [9.17, 15) is 0 Å². The molecule has 2 nitrogen and oxygen atoms in total. The Bertz CT molecular complexity index is 483. The van der Waals surface area contributed by atoms with E-state index < -0.39 is 0 Å². The molecule has 2 aromatic rings. The fourth-order valence-corrected chi connectivity index (χ4v) is 3.69. The van der Waals surface area contributed by atoms with Crippen molar-refractivity contribution in [1.82, 2.24) is 5.32 Å². The highest BCUT2D eigenvalue weighted by Crippen LogP contribution is 2.31. The summed E-state index contributed by atoms with van der Waals surface area (Å²) < 4.78 is 6.37. The first-order valence-corrected chi connectivity index (χ1v) is 8.68. The number of nitrogens with one attached hydrogen (secondary N) is 1. The molecule has 0 spiro atoms. The standard InChI is InChI=1S/C14H18ClNOS2/c1-3-18-9-10(2)16-14(11-5-4-8-17-11)12-6-7-13(15)19-12/h4-8,10,14,16H,3,9H2,1-2H3. The minimum atomic E-state index is 0.0833. The van der Waals surface area contributed by atoms with Crippen LogP contribution in [0.4, 0.5) is 0 Å². The van der Waals surface area contributed by atoms with Crippen molar-refractivity contribution in [2.75, 3.05) is 11.5 Å². The fourth-order valence-electron chi connectivity index (χ4n) is 1.87. The number of hydrogen-bond donors (Lipinski definition) is 1. The average molecular weight is 316 g/mol. The Hall–Kier alpha value is -0.420. The lowest BCUT2D eigenvalue weighted by atomic mass is 10.1. The van der Waals surface area contributed by atoms with Crippen molar-refractivity contribution in [3.05, 3.63) is 45.5 Å². The molecule has 0 bridgehead atoms. The maximum Gasteiger partial charge on any atom is 0.126 e. The minimum absolute atomic E-state index is 0.0833. The highest BCUT2D eigenvalue weighted by Gasteiger charge is 2.20. The van der Waals surface area contributed by atoms with Crippen LogP contribution in [0.2, 0.25) is 4.34 Å². The zero-order valence-electron chi connectivity index (χ0n) is 11.1. The number of hydrogen-bond acceptors (Lipinski definition) is 4. The quantitative estimate of drug-likeness (QED) is 0.793. The number of thiophene rings is 1. The van der Waals surface area contributed by atoms with Crippen LogP contribution >= 0.6 is 34.7 Å². The van der Waals surface area contributed by atoms with Crippen LogP contribution in [0.5, 0.6) is 0 Å². The Morgan fingerprint density at radius 1 is 1.42 bits per heavy atom. The number of rotatable bonds is 7. The molecule has 0 saturated carbocycles. The predicted octanol–water partition coefficient (Wildman–Crippen LogP) is 4.82. The molecule has 0 saturated heterocycles. The van der Waals surface area contributed by atoms with Crippen LogP contribution in [-0.4, -0.2) is 17.5 Å². The molecule has 0 aromatic carbocycles. The minimum Gasteiger partial charge on any atom is -0.467 e. The molecule has 2 aromatic heterocycles. The highest BCUT2D eigenvalue weighted by atomic mass is 35.5. The molecule has 104 valence electrons. The maximum absolute atomic E-state index is 6.04. The van der Waals surface area contributed by atoms with E-state index in [1.54, 1.807) is 17.6 Å². The van der Waals surface area contributed by atoms with Crippen molar-refractivity contribution >= 4 is 34.7 Å². The van der Waals surface area contributed by atoms with Gasteiger partial charge in [0, 0.05) is 16.7 Å². The summed E-state index contributed by atoms with van der Waals surface area (Å²) in [6.45, 7) is 4.38. The van der Waals surface area contributed by atoms with Gasteiger partial charge in [0.1, 0.15) is 11.8 Å². The first-order valence-electron chi connectivity index (χ1n) is 6.33. The van der Waals surface area contributed by atoms with Gasteiger partial charge in [0.15, 0.2) is 0 Å². The predicted molar refractivity (Wildman–Crippen MR) is 85.5 cm³/mol. The van der Waals surface area contributed by atoms with Gasteiger partial charge in [-0.15, -0.1) is 11.3 Å². The molecule has 2 unspecified atom stereocenters. The third kappa shape index (κ3) is 4.28. The van der Waals surface area contributed by atoms with Gasteiger partial charge in [-0.1, -0.05) is 18.5 Å². The van der Waals surface area contributed by atoms with Crippen LogP contribution in [0, 0.1) is 0 Å². The van der Waals surface area contributed by atoms with Gasteiger partial charge in [-0.2, -0.15) is 11.8 Å². The van der Waals surface area contributed by atoms with Gasteiger partial charge in [-0.3, -0.25) is 5.32 Å². The lowest BCUT2D eigenvalue weighted by Crippen LogP contribution is -2.32. The van der Waals surface area contributed by atoms with E-state index in [-0.39, 0.29) is 6.04 Å². The second-order valence-electron chi connectivity index (χ2n) is 4.32. The first-order chi connectivity index (χ1) is 9.20. The molecule has 19 heavy (non-hydrogen) atoms. The molecular formula is C14H18ClNOS2. The molecule has 2 rings (SSSR count). The van der Waals surface area contributed by atoms with Gasteiger partial charge < -0.3 is 4.42 Å². The van der Waals surface area contributed by atoms with Crippen molar-refractivity contribution in [2.45, 2.75) is 25.9 Å². The summed E-state index contributed by atoms with van der Waals surface area (Å²) in [7, 11) is 0. The van der Waals surface area contributed by atoms with Crippen LogP contribution < -0.4 is 5.32 Å². The van der Waals surface area contributed by atoms with Crippen LogP contribution in [0.3, 0.4) is 0 Å². The number of halogens is 1. The van der Waals surface area contributed by atoms with Crippen molar-refractivity contribution in [2.24, 2.45) is 0 Å². The average Bonchev–Trinajstić information content (AvgIpc) is 3.04. The topological polar surface area (TPSA) is 25.2 Å². The number of furan rings is 1. The second-order valence-corrected chi connectivity index (χ2v) is 7.38. The van der Waals surface area contributed by atoms with E-state index in [4.69, 9.17) is 16.0 Å². The SMILES string of the molecule is CCSCC(C)NC(c1ccco1)c1ccc(Cl)s1. The Balaban J connectivity index is 2.11. The summed E-state index contributed by atoms with van der Waals surface area (Å²) >= 11 is 9.58. The van der Waals surface area contributed by atoms with Crippen LogP contribution in [0.1, 0.15) is 30.5 Å². The molecule has 0 radical (unpaired) electrons. The van der Waals surface area contributed by atoms with Gasteiger partial charge >= 0.3 is 0 Å². The largest absolute Gasteiger partial charge is 0.467 e. The molecule has 5 heteroatoms. The summed E-state index contributed by atoms with van der Waals surface area (Å²) in [4.78, 5) is 1.19.